The molecule has 0 aromatic rings. The van der Waals surface area contributed by atoms with Crippen molar-refractivity contribution in [2.24, 2.45) is 5.73 Å². The van der Waals surface area contributed by atoms with Crippen molar-refractivity contribution >= 4 is 10.1 Å². The Hall–Kier alpha value is -0.290. The molecule has 0 fully saturated rings. The van der Waals surface area contributed by atoms with E-state index in [-0.39, 0.29) is 0 Å². The molecule has 0 saturated heterocycles. The fourth-order valence-corrected chi connectivity index (χ4v) is 2.10. The minimum atomic E-state index is -4.89. The molecule has 3 atom stereocenters. The van der Waals surface area contributed by atoms with Crippen LogP contribution < -0.4 is 5.73 Å². The Morgan fingerprint density at radius 2 is 1.69 bits per heavy atom. The van der Waals surface area contributed by atoms with Crippen LogP contribution in [0.1, 0.15) is 6.92 Å². The molecule has 98 valence electrons. The highest BCUT2D eigenvalue weighted by Gasteiger charge is 2.58. The van der Waals surface area contributed by atoms with Gasteiger partial charge in [-0.25, -0.2) is 0 Å². The first kappa shape index (κ1) is 15.7. The van der Waals surface area contributed by atoms with E-state index in [2.05, 4.69) is 0 Å². The predicted molar refractivity (Wildman–Crippen MR) is 54.1 cm³/mol. The van der Waals surface area contributed by atoms with Crippen LogP contribution >= 0.6 is 0 Å². The zero-order chi connectivity index (χ0) is 13.2. The van der Waals surface area contributed by atoms with Gasteiger partial charge >= 0.3 is 0 Å². The molecule has 0 rings (SSSR count). The Balaban J connectivity index is 5.69. The Labute approximate surface area is 93.1 Å². The Morgan fingerprint density at radius 3 is 1.88 bits per heavy atom. The number of hydrogen-bond acceptors (Lipinski definition) is 7. The molecule has 8 nitrogen and oxygen atoms in total. The van der Waals surface area contributed by atoms with Gasteiger partial charge in [0.25, 0.3) is 10.1 Å². The molecule has 9 heteroatoms. The van der Waals surface area contributed by atoms with E-state index in [1.165, 1.54) is 0 Å². The van der Waals surface area contributed by atoms with Crippen LogP contribution in [0.15, 0.2) is 0 Å². The smallest absolute Gasteiger partial charge is 0.275 e. The third-order valence-electron chi connectivity index (χ3n) is 2.84. The summed E-state index contributed by atoms with van der Waals surface area (Å²) in [5.41, 5.74) is 2.71. The summed E-state index contributed by atoms with van der Waals surface area (Å²) in [6.45, 7) is -2.33. The first-order valence-electron chi connectivity index (χ1n) is 4.38. The van der Waals surface area contributed by atoms with Crippen molar-refractivity contribution < 1.29 is 33.4 Å². The van der Waals surface area contributed by atoms with Crippen LogP contribution in [0.4, 0.5) is 0 Å². The fourth-order valence-electron chi connectivity index (χ4n) is 1.27. The molecule has 0 saturated carbocycles. The third-order valence-corrected chi connectivity index (χ3v) is 4.46. The van der Waals surface area contributed by atoms with Gasteiger partial charge in [0.1, 0.15) is 10.3 Å². The average molecular weight is 259 g/mol. The van der Waals surface area contributed by atoms with Gasteiger partial charge in [-0.05, 0) is 6.92 Å². The quantitative estimate of drug-likeness (QED) is 0.270. The first-order valence-corrected chi connectivity index (χ1v) is 5.82. The van der Waals surface area contributed by atoms with Crippen molar-refractivity contribution in [2.45, 2.75) is 23.3 Å². The summed E-state index contributed by atoms with van der Waals surface area (Å²) in [6, 6.07) is -1.54. The van der Waals surface area contributed by atoms with Crippen LogP contribution in [0.3, 0.4) is 0 Å². The Morgan fingerprint density at radius 1 is 1.25 bits per heavy atom. The predicted octanol–water partition coefficient (Wildman–Crippen LogP) is -3.33. The molecule has 0 bridgehead atoms. The summed E-state index contributed by atoms with van der Waals surface area (Å²) in [4.78, 5) is 0. The lowest BCUT2D eigenvalue weighted by Gasteiger charge is -2.43. The summed E-state index contributed by atoms with van der Waals surface area (Å²) in [7, 11) is -4.89. The maximum absolute atomic E-state index is 11.1. The summed E-state index contributed by atoms with van der Waals surface area (Å²) in [5, 5.41) is 36.7. The number of nitrogens with two attached hydrogens (primary N) is 1. The van der Waals surface area contributed by atoms with Crippen molar-refractivity contribution in [3.05, 3.63) is 0 Å². The summed E-state index contributed by atoms with van der Waals surface area (Å²) in [5.74, 6) is 0. The second-order valence-corrected chi connectivity index (χ2v) is 5.59. The molecule has 0 amide bonds. The molecule has 0 aliphatic carbocycles. The summed E-state index contributed by atoms with van der Waals surface area (Å²) < 4.78 is 28.7. The van der Waals surface area contributed by atoms with E-state index in [4.69, 9.17) is 25.6 Å². The van der Waals surface area contributed by atoms with Crippen molar-refractivity contribution in [3.63, 3.8) is 0 Å². The standard InChI is InChI=1S/C7H17NO7S/c1-6(3-10,16(13,14)15)7(12,4-11)5(8)2-9/h5,9-12H,2-4,8H2,1H3,(H,13,14,15). The minimum absolute atomic E-state index is 0.814. The van der Waals surface area contributed by atoms with E-state index in [9.17, 15) is 13.5 Å². The lowest BCUT2D eigenvalue weighted by molar-refractivity contribution is -0.0868. The summed E-state index contributed by atoms with van der Waals surface area (Å²) in [6.07, 6.45) is 0. The van der Waals surface area contributed by atoms with Gasteiger partial charge in [0, 0.05) is 0 Å². The zero-order valence-electron chi connectivity index (χ0n) is 8.74. The van der Waals surface area contributed by atoms with E-state index < -0.39 is 46.3 Å². The SMILES string of the molecule is CC(CO)(C(O)(CO)C(N)CO)S(=O)(=O)O. The second kappa shape index (κ2) is 4.92. The van der Waals surface area contributed by atoms with Gasteiger partial charge in [-0.2, -0.15) is 8.42 Å². The molecular weight excluding hydrogens is 242 g/mol. The van der Waals surface area contributed by atoms with Gasteiger partial charge in [-0.15, -0.1) is 0 Å². The highest BCUT2D eigenvalue weighted by atomic mass is 32.2. The van der Waals surface area contributed by atoms with Gasteiger partial charge in [0.05, 0.1) is 25.9 Å². The van der Waals surface area contributed by atoms with Crippen molar-refractivity contribution in [3.8, 4) is 0 Å². The lowest BCUT2D eigenvalue weighted by Crippen LogP contribution is -2.70. The second-order valence-electron chi connectivity index (χ2n) is 3.74. The van der Waals surface area contributed by atoms with Crippen LogP contribution in [0.2, 0.25) is 0 Å². The number of aliphatic hydroxyl groups excluding tert-OH is 3. The van der Waals surface area contributed by atoms with E-state index >= 15 is 0 Å². The molecule has 0 aromatic carbocycles. The molecule has 0 aliphatic rings. The van der Waals surface area contributed by atoms with E-state index in [1.54, 1.807) is 0 Å². The molecule has 0 radical (unpaired) electrons. The van der Waals surface area contributed by atoms with Crippen molar-refractivity contribution in [1.29, 1.82) is 0 Å². The maximum Gasteiger partial charge on any atom is 0.275 e. The Kier molecular flexibility index (Phi) is 4.83. The first-order chi connectivity index (χ1) is 7.10. The van der Waals surface area contributed by atoms with Gasteiger partial charge < -0.3 is 26.2 Å². The molecule has 0 aromatic heterocycles. The minimum Gasteiger partial charge on any atom is -0.395 e. The molecule has 7 N–H and O–H groups in total. The number of hydrogen-bond donors (Lipinski definition) is 6. The van der Waals surface area contributed by atoms with Crippen LogP contribution in [0.25, 0.3) is 0 Å². The third kappa shape index (κ3) is 2.20. The van der Waals surface area contributed by atoms with Crippen molar-refractivity contribution in [2.75, 3.05) is 19.8 Å². The monoisotopic (exact) mass is 259 g/mol. The van der Waals surface area contributed by atoms with E-state index in [0.717, 1.165) is 6.92 Å². The normalized spacial score (nSPS) is 22.2. The lowest BCUT2D eigenvalue weighted by atomic mass is 9.83. The van der Waals surface area contributed by atoms with Crippen LogP contribution in [0, 0.1) is 0 Å². The zero-order valence-corrected chi connectivity index (χ0v) is 9.55. The van der Waals surface area contributed by atoms with E-state index in [0.29, 0.717) is 0 Å². The van der Waals surface area contributed by atoms with Gasteiger partial charge in [0.15, 0.2) is 0 Å². The largest absolute Gasteiger partial charge is 0.395 e. The molecule has 16 heavy (non-hydrogen) atoms. The topological polar surface area (TPSA) is 161 Å². The summed E-state index contributed by atoms with van der Waals surface area (Å²) >= 11 is 0. The van der Waals surface area contributed by atoms with E-state index in [1.807, 2.05) is 0 Å². The number of rotatable bonds is 6. The molecule has 3 unspecified atom stereocenters. The van der Waals surface area contributed by atoms with Crippen LogP contribution in [0.5, 0.6) is 0 Å². The molecule has 0 aliphatic heterocycles. The van der Waals surface area contributed by atoms with Gasteiger partial charge in [-0.1, -0.05) is 0 Å². The van der Waals surface area contributed by atoms with Crippen LogP contribution in [-0.2, 0) is 10.1 Å². The number of aliphatic hydroxyl groups is 4. The molecule has 0 heterocycles. The molecular formula is C7H17NO7S. The highest BCUT2D eigenvalue weighted by molar-refractivity contribution is 7.87. The maximum atomic E-state index is 11.1. The molecule has 0 spiro atoms. The van der Waals surface area contributed by atoms with Crippen molar-refractivity contribution in [1.82, 2.24) is 0 Å². The van der Waals surface area contributed by atoms with Gasteiger partial charge in [0.2, 0.25) is 0 Å². The van der Waals surface area contributed by atoms with Crippen LogP contribution in [-0.4, -0.2) is 69.6 Å². The average Bonchev–Trinajstić information content (AvgIpc) is 2.23. The Bertz CT molecular complexity index is 332. The van der Waals surface area contributed by atoms with Gasteiger partial charge in [-0.3, -0.25) is 4.55 Å². The highest BCUT2D eigenvalue weighted by Crippen LogP contribution is 2.31. The fraction of sp³-hybridized carbons (Fsp3) is 1.00.